The number of nitrogens with one attached hydrogen (secondary N) is 1. The molecule has 72 heavy (non-hydrogen) atoms. The summed E-state index contributed by atoms with van der Waals surface area (Å²) in [4.78, 5) is 38.6. The summed E-state index contributed by atoms with van der Waals surface area (Å²) in [6.45, 7) is 3.87. The molecule has 21 heteroatoms. The van der Waals surface area contributed by atoms with Gasteiger partial charge in [0.05, 0.1) is 58.0 Å². The molecule has 0 radical (unpaired) electrons. The van der Waals surface area contributed by atoms with Gasteiger partial charge in [-0.2, -0.15) is 4.98 Å². The van der Waals surface area contributed by atoms with Gasteiger partial charge in [-0.3, -0.25) is 13.9 Å². The highest BCUT2D eigenvalue weighted by molar-refractivity contribution is 7.47. The summed E-state index contributed by atoms with van der Waals surface area (Å²) in [5.74, 6) is 11.6. The van der Waals surface area contributed by atoms with E-state index < -0.39 is 71.2 Å². The van der Waals surface area contributed by atoms with Gasteiger partial charge in [0.15, 0.2) is 0 Å². The molecule has 0 amide bonds. The first-order valence-corrected chi connectivity index (χ1v) is 26.1. The topological polar surface area (TPSA) is 270 Å². The van der Waals surface area contributed by atoms with Gasteiger partial charge < -0.3 is 58.7 Å². The van der Waals surface area contributed by atoms with Crippen molar-refractivity contribution in [1.82, 2.24) is 19.1 Å². The van der Waals surface area contributed by atoms with Crippen LogP contribution in [0.4, 0.5) is 5.69 Å². The van der Waals surface area contributed by atoms with Crippen molar-refractivity contribution in [3.05, 3.63) is 144 Å². The maximum atomic E-state index is 13.6. The molecule has 4 heterocycles. The van der Waals surface area contributed by atoms with Crippen molar-refractivity contribution in [2.75, 3.05) is 51.5 Å². The lowest BCUT2D eigenvalue weighted by atomic mass is 9.94. The van der Waals surface area contributed by atoms with Crippen LogP contribution in [0.5, 0.6) is 5.88 Å². The molecule has 8 N–H and O–H groups in total. The van der Waals surface area contributed by atoms with Crippen LogP contribution in [0.1, 0.15) is 72.4 Å². The van der Waals surface area contributed by atoms with Crippen LogP contribution in [0, 0.1) is 29.6 Å². The quantitative estimate of drug-likeness (QED) is 0.0368. The third kappa shape index (κ3) is 13.8. The van der Waals surface area contributed by atoms with E-state index in [1.54, 1.807) is 18.3 Å². The molecular formula is C51H55N5O14P2. The van der Waals surface area contributed by atoms with Gasteiger partial charge in [-0.1, -0.05) is 84.3 Å². The van der Waals surface area contributed by atoms with Crippen LogP contribution in [0.2, 0.25) is 0 Å². The Morgan fingerprint density at radius 2 is 1.22 bits per heavy atom. The van der Waals surface area contributed by atoms with E-state index in [9.17, 15) is 44.2 Å². The molecule has 2 aliphatic heterocycles. The maximum Gasteiger partial charge on any atom is 0.528 e. The monoisotopic (exact) mass is 1020 g/mol. The molecule has 2 fully saturated rings. The van der Waals surface area contributed by atoms with Crippen LogP contribution in [-0.2, 0) is 27.7 Å². The lowest BCUT2D eigenvalue weighted by Gasteiger charge is -2.18. The number of hydrogen-bond acceptors (Lipinski definition) is 14. The highest BCUT2D eigenvalue weighted by Gasteiger charge is 2.31. The molecule has 0 saturated carbocycles. The van der Waals surface area contributed by atoms with Crippen molar-refractivity contribution in [2.24, 2.45) is 5.92 Å². The summed E-state index contributed by atoms with van der Waals surface area (Å²) in [6, 6.07) is 28.2. The van der Waals surface area contributed by atoms with Crippen molar-refractivity contribution in [1.29, 1.82) is 0 Å². The molecule has 9 atom stereocenters. The number of nitrogens with zero attached hydrogens (tertiary/aromatic N) is 4. The number of phosphoric ester groups is 2. The maximum absolute atomic E-state index is 13.6. The van der Waals surface area contributed by atoms with Gasteiger partial charge in [0.1, 0.15) is 35.9 Å². The number of rotatable bonds is 18. The Balaban J connectivity index is 0.957. The molecule has 378 valence electrons. The molecular weight excluding hydrogens is 969 g/mol. The highest BCUT2D eigenvalue weighted by Crippen LogP contribution is 2.45. The molecule has 4 aromatic carbocycles. The van der Waals surface area contributed by atoms with Crippen molar-refractivity contribution < 1.29 is 67.3 Å². The lowest BCUT2D eigenvalue weighted by molar-refractivity contribution is 0.120. The summed E-state index contributed by atoms with van der Waals surface area (Å²) in [5.41, 5.74) is 6.76. The first kappa shape index (κ1) is 52.4. The molecule has 0 aliphatic carbocycles. The molecule has 0 bridgehead atoms. The minimum absolute atomic E-state index is 0.0180. The molecule has 2 saturated heterocycles. The predicted molar refractivity (Wildman–Crippen MR) is 264 cm³/mol. The van der Waals surface area contributed by atoms with E-state index in [1.807, 2.05) is 84.9 Å². The van der Waals surface area contributed by atoms with E-state index in [0.29, 0.717) is 44.1 Å². The van der Waals surface area contributed by atoms with Gasteiger partial charge in [-0.15, -0.1) is 0 Å². The second kappa shape index (κ2) is 23.3. The van der Waals surface area contributed by atoms with Crippen molar-refractivity contribution in [3.63, 3.8) is 0 Å². The number of aliphatic hydroxyl groups excluding tert-OH is 4. The van der Waals surface area contributed by atoms with Crippen LogP contribution in [0.25, 0.3) is 22.3 Å². The molecule has 2 aromatic heterocycles. The minimum Gasteiger partial charge on any atom is -0.390 e. The number of benzene rings is 4. The fraction of sp³-hybridized carbons (Fsp3) is 0.333. The standard InChI is InChI=1S/C51H55N5O14P2/c1-33(57)50-52-23-24-55(50)44(21-7-35-3-9-37(10-4-35)39-13-15-41(16-14-39)46-30-67-32-48(46)60)29-69-72(64,65)70-49-26-56(51(54-49)34(2)58)45(28-68-71(61,62)63)22-8-36-5-11-38(12-6-36)40-17-19-43(20-18-40)53-25-42-27-66-31-47(42)59/h3-6,9-20,23-24,26,33-34,42,44-48,53,57-60H,25,27-32H2,1-2H3,(H,64,65)(H2,61,62,63)/t33-,34-,42-,44-,45-,46+,47-,48-/m0/s1. The SMILES string of the molecule is C[C@H](O)c1nccn1[C@@H](C#Cc1ccc(-c2ccc([C@H]3COC[C@@H]3O)cc2)cc1)COP(=O)(O)Oc1cn([C@@H](C#Cc2ccc(-c3ccc(NC[C@H]4COC[C@@H]4O)cc3)cc2)COP(=O)(O)O)c([C@H](C)O)n1. The number of anilines is 1. The Labute approximate surface area is 415 Å². The number of aromatic nitrogens is 4. The second-order valence-corrected chi connectivity index (χ2v) is 20.0. The Hall–Kier alpha value is -5.96. The van der Waals surface area contributed by atoms with E-state index in [2.05, 4.69) is 39.0 Å². The minimum atomic E-state index is -5.03. The zero-order valence-corrected chi connectivity index (χ0v) is 41.0. The van der Waals surface area contributed by atoms with Gasteiger partial charge in [0.2, 0.25) is 5.88 Å². The zero-order chi connectivity index (χ0) is 51.0. The smallest absolute Gasteiger partial charge is 0.390 e. The molecule has 8 rings (SSSR count). The normalized spacial score (nSPS) is 20.3. The fourth-order valence-corrected chi connectivity index (χ4v) is 9.22. The summed E-state index contributed by atoms with van der Waals surface area (Å²) >= 11 is 0. The van der Waals surface area contributed by atoms with Crippen LogP contribution >= 0.6 is 15.6 Å². The van der Waals surface area contributed by atoms with E-state index in [-0.39, 0.29) is 23.5 Å². The number of aliphatic hydroxyl groups is 4. The second-order valence-electron chi connectivity index (χ2n) is 17.4. The average molecular weight is 1020 g/mol. The van der Waals surface area contributed by atoms with Gasteiger partial charge in [0, 0.05) is 47.6 Å². The van der Waals surface area contributed by atoms with E-state index in [1.165, 1.54) is 29.2 Å². The van der Waals surface area contributed by atoms with E-state index in [0.717, 1.165) is 39.7 Å². The Morgan fingerprint density at radius 3 is 1.75 bits per heavy atom. The zero-order valence-electron chi connectivity index (χ0n) is 39.2. The van der Waals surface area contributed by atoms with E-state index >= 15 is 0 Å². The van der Waals surface area contributed by atoms with Crippen molar-refractivity contribution in [3.8, 4) is 51.8 Å². The third-order valence-electron chi connectivity index (χ3n) is 12.1. The van der Waals surface area contributed by atoms with Crippen LogP contribution in [0.15, 0.2) is 116 Å². The summed E-state index contributed by atoms with van der Waals surface area (Å²) in [5, 5.41) is 44.8. The summed E-state index contributed by atoms with van der Waals surface area (Å²) < 4.78 is 54.6. The number of hydrogen-bond donors (Lipinski definition) is 8. The largest absolute Gasteiger partial charge is 0.528 e. The van der Waals surface area contributed by atoms with Crippen molar-refractivity contribution in [2.45, 2.75) is 56.3 Å². The first-order valence-electron chi connectivity index (χ1n) is 23.0. The van der Waals surface area contributed by atoms with Crippen LogP contribution < -0.4 is 9.84 Å². The third-order valence-corrected chi connectivity index (χ3v) is 13.4. The number of imidazole rings is 2. The van der Waals surface area contributed by atoms with Gasteiger partial charge in [0.25, 0.3) is 0 Å². The predicted octanol–water partition coefficient (Wildman–Crippen LogP) is 5.91. The molecule has 2 aliphatic rings. The molecule has 6 aromatic rings. The Bertz CT molecular complexity index is 2990. The fourth-order valence-electron chi connectivity index (χ4n) is 8.18. The summed E-state index contributed by atoms with van der Waals surface area (Å²) in [6.07, 6.45) is 0.735. The van der Waals surface area contributed by atoms with Crippen molar-refractivity contribution >= 4 is 21.3 Å². The summed E-state index contributed by atoms with van der Waals surface area (Å²) in [7, 11) is -10.0. The van der Waals surface area contributed by atoms with Gasteiger partial charge in [-0.25, -0.2) is 14.1 Å². The number of ether oxygens (including phenoxy) is 2. The lowest BCUT2D eigenvalue weighted by Crippen LogP contribution is -2.25. The highest BCUT2D eigenvalue weighted by atomic mass is 31.2. The van der Waals surface area contributed by atoms with Crippen LogP contribution in [-0.4, -0.2) is 113 Å². The first-order chi connectivity index (χ1) is 34.5. The molecule has 1 unspecified atom stereocenters. The van der Waals surface area contributed by atoms with Gasteiger partial charge >= 0.3 is 15.6 Å². The molecule has 19 nitrogen and oxygen atoms in total. The van der Waals surface area contributed by atoms with Crippen LogP contribution in [0.3, 0.4) is 0 Å². The average Bonchev–Trinajstić information content (AvgIpc) is 4.20. The Morgan fingerprint density at radius 1 is 0.694 bits per heavy atom. The Kier molecular flexibility index (Phi) is 16.9. The molecule has 0 spiro atoms. The van der Waals surface area contributed by atoms with E-state index in [4.69, 9.17) is 23.0 Å². The van der Waals surface area contributed by atoms with Gasteiger partial charge in [-0.05, 0) is 78.1 Å². The number of phosphoric acid groups is 2.